The second-order valence-electron chi connectivity index (χ2n) is 5.94. The van der Waals surface area contributed by atoms with Crippen molar-refractivity contribution in [2.75, 3.05) is 31.1 Å². The number of aromatic nitrogens is 1. The van der Waals surface area contributed by atoms with Gasteiger partial charge in [-0.3, -0.25) is 0 Å². The molecule has 0 atom stereocenters. The smallest absolute Gasteiger partial charge is 0.243 e. The van der Waals surface area contributed by atoms with E-state index in [-0.39, 0.29) is 4.90 Å². The minimum absolute atomic E-state index is 0.250. The molecular weight excluding hydrogens is 346 g/mol. The third-order valence-corrected chi connectivity index (χ3v) is 6.52. The number of hydrogen-bond acceptors (Lipinski definition) is 4. The van der Waals surface area contributed by atoms with E-state index >= 15 is 0 Å². The molecule has 1 aliphatic heterocycles. The molecule has 0 bridgehead atoms. The maximum absolute atomic E-state index is 12.8. The molecule has 0 aliphatic carbocycles. The zero-order chi connectivity index (χ0) is 17.3. The predicted molar refractivity (Wildman–Crippen MR) is 96.1 cm³/mol. The van der Waals surface area contributed by atoms with Gasteiger partial charge in [0.2, 0.25) is 10.0 Å². The van der Waals surface area contributed by atoms with Crippen molar-refractivity contribution in [3.05, 3.63) is 52.7 Å². The van der Waals surface area contributed by atoms with Crippen LogP contribution in [-0.4, -0.2) is 43.9 Å². The number of halogens is 1. The number of aryl methyl sites for hydroxylation is 2. The molecule has 0 unspecified atom stereocenters. The molecule has 1 fully saturated rings. The molecule has 0 amide bonds. The van der Waals surface area contributed by atoms with Crippen LogP contribution in [0, 0.1) is 13.8 Å². The lowest BCUT2D eigenvalue weighted by Gasteiger charge is -2.34. The summed E-state index contributed by atoms with van der Waals surface area (Å²) in [6.45, 7) is 5.91. The Bertz CT molecular complexity index is 847. The van der Waals surface area contributed by atoms with Crippen LogP contribution >= 0.6 is 11.6 Å². The van der Waals surface area contributed by atoms with Crippen molar-refractivity contribution in [3.8, 4) is 0 Å². The van der Waals surface area contributed by atoms with Crippen LogP contribution in [0.5, 0.6) is 0 Å². The summed E-state index contributed by atoms with van der Waals surface area (Å²) in [6.07, 6.45) is 0. The van der Waals surface area contributed by atoms with Crippen LogP contribution in [0.3, 0.4) is 0 Å². The lowest BCUT2D eigenvalue weighted by molar-refractivity contribution is 0.384. The van der Waals surface area contributed by atoms with Gasteiger partial charge in [-0.15, -0.1) is 0 Å². The number of nitrogens with zero attached hydrogens (tertiary/aromatic N) is 3. The summed E-state index contributed by atoms with van der Waals surface area (Å²) in [6, 6.07) is 10.8. The summed E-state index contributed by atoms with van der Waals surface area (Å²) in [4.78, 5) is 6.87. The molecule has 1 saturated heterocycles. The van der Waals surface area contributed by atoms with Crippen LogP contribution in [0.25, 0.3) is 0 Å². The Labute approximate surface area is 147 Å². The summed E-state index contributed by atoms with van der Waals surface area (Å²) >= 11 is 6.08. The van der Waals surface area contributed by atoms with Gasteiger partial charge < -0.3 is 4.90 Å². The summed E-state index contributed by atoms with van der Waals surface area (Å²) in [5, 5.41) is 0.471. The number of sulfonamides is 1. The van der Waals surface area contributed by atoms with Gasteiger partial charge in [0.05, 0.1) is 4.90 Å². The van der Waals surface area contributed by atoms with Gasteiger partial charge in [-0.05, 0) is 43.7 Å². The number of hydrogen-bond donors (Lipinski definition) is 0. The molecule has 5 nitrogen and oxygen atoms in total. The van der Waals surface area contributed by atoms with E-state index in [0.29, 0.717) is 31.2 Å². The monoisotopic (exact) mass is 365 g/mol. The molecule has 2 aromatic rings. The van der Waals surface area contributed by atoms with E-state index in [4.69, 9.17) is 11.6 Å². The Morgan fingerprint density at radius 1 is 1.04 bits per heavy atom. The molecule has 1 aromatic carbocycles. The number of pyridine rings is 1. The summed E-state index contributed by atoms with van der Waals surface area (Å²) in [7, 11) is -3.51. The second kappa shape index (κ2) is 6.70. The van der Waals surface area contributed by atoms with E-state index < -0.39 is 10.0 Å². The van der Waals surface area contributed by atoms with Crippen LogP contribution in [0.4, 0.5) is 5.82 Å². The van der Waals surface area contributed by atoms with Crippen LogP contribution in [0.2, 0.25) is 5.02 Å². The van der Waals surface area contributed by atoms with E-state index in [9.17, 15) is 8.42 Å². The topological polar surface area (TPSA) is 53.5 Å². The van der Waals surface area contributed by atoms with Crippen molar-refractivity contribution in [1.29, 1.82) is 0 Å². The molecule has 7 heteroatoms. The molecule has 2 heterocycles. The van der Waals surface area contributed by atoms with E-state index in [0.717, 1.165) is 17.1 Å². The predicted octanol–water partition coefficient (Wildman–Crippen LogP) is 2.86. The first-order valence-electron chi connectivity index (χ1n) is 7.83. The van der Waals surface area contributed by atoms with Gasteiger partial charge in [-0.1, -0.05) is 23.7 Å². The molecule has 1 aromatic heterocycles. The van der Waals surface area contributed by atoms with Crippen molar-refractivity contribution >= 4 is 27.4 Å². The largest absolute Gasteiger partial charge is 0.354 e. The molecule has 24 heavy (non-hydrogen) atoms. The zero-order valence-electron chi connectivity index (χ0n) is 13.7. The number of rotatable bonds is 3. The average molecular weight is 366 g/mol. The van der Waals surface area contributed by atoms with Gasteiger partial charge in [0.1, 0.15) is 5.82 Å². The third kappa shape index (κ3) is 3.41. The summed E-state index contributed by atoms with van der Waals surface area (Å²) in [5.41, 5.74) is 1.82. The molecule has 1 aliphatic rings. The van der Waals surface area contributed by atoms with Crippen molar-refractivity contribution in [2.24, 2.45) is 0 Å². The second-order valence-corrected chi connectivity index (χ2v) is 8.28. The number of piperazine rings is 1. The molecule has 128 valence electrons. The van der Waals surface area contributed by atoms with Crippen LogP contribution in [0.1, 0.15) is 11.3 Å². The van der Waals surface area contributed by atoms with E-state index in [1.54, 1.807) is 12.1 Å². The van der Waals surface area contributed by atoms with E-state index in [2.05, 4.69) is 9.88 Å². The summed E-state index contributed by atoms with van der Waals surface area (Å²) < 4.78 is 27.1. The van der Waals surface area contributed by atoms with Crippen LogP contribution in [0.15, 0.2) is 41.3 Å². The molecule has 0 N–H and O–H groups in total. The number of anilines is 1. The zero-order valence-corrected chi connectivity index (χ0v) is 15.3. The van der Waals surface area contributed by atoms with Crippen LogP contribution < -0.4 is 4.90 Å². The Balaban J connectivity index is 1.74. The van der Waals surface area contributed by atoms with E-state index in [1.165, 1.54) is 10.4 Å². The summed E-state index contributed by atoms with van der Waals surface area (Å²) in [5.74, 6) is 0.894. The van der Waals surface area contributed by atoms with Gasteiger partial charge in [-0.2, -0.15) is 4.31 Å². The molecule has 0 spiro atoms. The highest BCUT2D eigenvalue weighted by Crippen LogP contribution is 2.24. The fourth-order valence-corrected chi connectivity index (χ4v) is 4.44. The minimum Gasteiger partial charge on any atom is -0.354 e. The Morgan fingerprint density at radius 2 is 1.75 bits per heavy atom. The lowest BCUT2D eigenvalue weighted by atomic mass is 10.2. The van der Waals surface area contributed by atoms with Crippen molar-refractivity contribution < 1.29 is 8.42 Å². The van der Waals surface area contributed by atoms with Gasteiger partial charge in [0.25, 0.3) is 0 Å². The van der Waals surface area contributed by atoms with Gasteiger partial charge in [-0.25, -0.2) is 13.4 Å². The lowest BCUT2D eigenvalue weighted by Crippen LogP contribution is -2.48. The van der Waals surface area contributed by atoms with Gasteiger partial charge >= 0.3 is 0 Å². The van der Waals surface area contributed by atoms with Gasteiger partial charge in [0, 0.05) is 36.9 Å². The van der Waals surface area contributed by atoms with E-state index in [1.807, 2.05) is 32.0 Å². The quantitative estimate of drug-likeness (QED) is 0.839. The highest BCUT2D eigenvalue weighted by Gasteiger charge is 2.29. The Hall–Kier alpha value is -1.63. The third-order valence-electron chi connectivity index (χ3n) is 4.22. The SMILES string of the molecule is Cc1cccc(N2CCN(S(=O)(=O)c3ccc(C)c(Cl)c3)CC2)n1. The molecule has 0 saturated carbocycles. The highest BCUT2D eigenvalue weighted by molar-refractivity contribution is 7.89. The first-order valence-corrected chi connectivity index (χ1v) is 9.64. The molecule has 3 rings (SSSR count). The number of benzene rings is 1. The molecule has 0 radical (unpaired) electrons. The Kier molecular flexibility index (Phi) is 4.80. The fourth-order valence-electron chi connectivity index (χ4n) is 2.75. The van der Waals surface area contributed by atoms with Gasteiger partial charge in [0.15, 0.2) is 0 Å². The van der Waals surface area contributed by atoms with Crippen molar-refractivity contribution in [1.82, 2.24) is 9.29 Å². The molecular formula is C17H20ClN3O2S. The normalized spacial score (nSPS) is 16.4. The highest BCUT2D eigenvalue weighted by atomic mass is 35.5. The van der Waals surface area contributed by atoms with Crippen LogP contribution in [-0.2, 0) is 10.0 Å². The Morgan fingerprint density at radius 3 is 2.38 bits per heavy atom. The van der Waals surface area contributed by atoms with Crippen molar-refractivity contribution in [2.45, 2.75) is 18.7 Å². The first kappa shape index (κ1) is 17.2. The fraction of sp³-hybridized carbons (Fsp3) is 0.353. The average Bonchev–Trinajstić information content (AvgIpc) is 2.57. The first-order chi connectivity index (χ1) is 11.4. The minimum atomic E-state index is -3.51. The standard InChI is InChI=1S/C17H20ClN3O2S/c1-13-6-7-15(12-16(13)18)24(22,23)21-10-8-20(9-11-21)17-5-3-4-14(2)19-17/h3-7,12H,8-11H2,1-2H3. The maximum atomic E-state index is 12.8. The maximum Gasteiger partial charge on any atom is 0.243 e. The van der Waals surface area contributed by atoms with Crippen molar-refractivity contribution in [3.63, 3.8) is 0 Å².